The van der Waals surface area contributed by atoms with Crippen LogP contribution < -0.4 is 5.73 Å². The maximum atomic E-state index is 5.94. The highest BCUT2D eigenvalue weighted by Gasteiger charge is 2.12. The minimum atomic E-state index is -0.0511. The normalized spacial score (nSPS) is 12.4. The van der Waals surface area contributed by atoms with Crippen molar-refractivity contribution in [2.45, 2.75) is 19.6 Å². The summed E-state index contributed by atoms with van der Waals surface area (Å²) in [4.78, 5) is 0. The summed E-state index contributed by atoms with van der Waals surface area (Å²) >= 11 is 3.42. The van der Waals surface area contributed by atoms with E-state index in [1.54, 1.807) is 0 Å². The first kappa shape index (κ1) is 14.3. The van der Waals surface area contributed by atoms with Crippen LogP contribution in [0.2, 0.25) is 0 Å². The number of halogens is 1. The van der Waals surface area contributed by atoms with Gasteiger partial charge in [-0.1, -0.05) is 52.3 Å². The largest absolute Gasteiger partial charge is 0.368 e. The molecule has 1 atom stereocenters. The lowest BCUT2D eigenvalue weighted by Gasteiger charge is -2.18. The van der Waals surface area contributed by atoms with E-state index in [9.17, 15) is 0 Å². The van der Waals surface area contributed by atoms with Crippen molar-refractivity contribution < 1.29 is 4.74 Å². The van der Waals surface area contributed by atoms with Crippen molar-refractivity contribution in [2.75, 3.05) is 6.54 Å². The Balaban J connectivity index is 2.04. The Kier molecular flexibility index (Phi) is 5.14. The van der Waals surface area contributed by atoms with Gasteiger partial charge in [-0.2, -0.15) is 0 Å². The molecule has 1 unspecified atom stereocenters. The van der Waals surface area contributed by atoms with E-state index in [1.165, 1.54) is 11.1 Å². The van der Waals surface area contributed by atoms with Crippen molar-refractivity contribution >= 4 is 15.9 Å². The molecule has 3 heteroatoms. The van der Waals surface area contributed by atoms with E-state index in [-0.39, 0.29) is 6.10 Å². The first-order chi connectivity index (χ1) is 9.20. The van der Waals surface area contributed by atoms with Crippen molar-refractivity contribution in [1.82, 2.24) is 0 Å². The molecule has 2 nitrogen and oxygen atoms in total. The Bertz CT molecular complexity index is 525. The number of ether oxygens (including phenoxy) is 1. The predicted octanol–water partition coefficient (Wildman–Crippen LogP) is 3.97. The van der Waals surface area contributed by atoms with Gasteiger partial charge in [0.15, 0.2) is 0 Å². The molecule has 0 radical (unpaired) electrons. The molecule has 0 saturated heterocycles. The number of hydrogen-bond donors (Lipinski definition) is 1. The molecule has 0 bridgehead atoms. The Labute approximate surface area is 122 Å². The fourth-order valence-corrected chi connectivity index (χ4v) is 2.27. The number of aryl methyl sites for hydroxylation is 1. The Morgan fingerprint density at radius 1 is 1.11 bits per heavy atom. The summed E-state index contributed by atoms with van der Waals surface area (Å²) in [7, 11) is 0. The van der Waals surface area contributed by atoms with Crippen LogP contribution in [0.1, 0.15) is 22.8 Å². The zero-order valence-corrected chi connectivity index (χ0v) is 12.6. The zero-order chi connectivity index (χ0) is 13.7. The van der Waals surface area contributed by atoms with Gasteiger partial charge in [-0.3, -0.25) is 0 Å². The van der Waals surface area contributed by atoms with Gasteiger partial charge >= 0.3 is 0 Å². The van der Waals surface area contributed by atoms with Gasteiger partial charge in [0.05, 0.1) is 12.7 Å². The van der Waals surface area contributed by atoms with Gasteiger partial charge in [0.1, 0.15) is 0 Å². The molecule has 0 fully saturated rings. The predicted molar refractivity (Wildman–Crippen MR) is 81.9 cm³/mol. The van der Waals surface area contributed by atoms with Gasteiger partial charge in [-0.25, -0.2) is 0 Å². The van der Waals surface area contributed by atoms with Crippen LogP contribution in [0, 0.1) is 6.92 Å². The molecular weight excluding hydrogens is 302 g/mol. The van der Waals surface area contributed by atoms with Crippen molar-refractivity contribution in [3.63, 3.8) is 0 Å². The highest BCUT2D eigenvalue weighted by atomic mass is 79.9. The maximum absolute atomic E-state index is 5.94. The van der Waals surface area contributed by atoms with Crippen LogP contribution in [-0.4, -0.2) is 6.54 Å². The Hall–Kier alpha value is -1.16. The molecule has 0 aliphatic carbocycles. The average Bonchev–Trinajstić information content (AvgIpc) is 2.43. The summed E-state index contributed by atoms with van der Waals surface area (Å²) in [6, 6.07) is 16.4. The topological polar surface area (TPSA) is 35.2 Å². The molecule has 0 amide bonds. The Morgan fingerprint density at radius 2 is 1.79 bits per heavy atom. The van der Waals surface area contributed by atoms with Crippen molar-refractivity contribution in [3.8, 4) is 0 Å². The molecule has 2 N–H and O–H groups in total. The number of hydrogen-bond acceptors (Lipinski definition) is 2. The van der Waals surface area contributed by atoms with Crippen molar-refractivity contribution in [2.24, 2.45) is 5.73 Å². The third kappa shape index (κ3) is 3.90. The number of nitrogens with two attached hydrogens (primary N) is 1. The lowest BCUT2D eigenvalue weighted by molar-refractivity contribution is 0.0452. The first-order valence-electron chi connectivity index (χ1n) is 6.32. The summed E-state index contributed by atoms with van der Waals surface area (Å²) in [5, 5.41) is 0. The van der Waals surface area contributed by atoms with Crippen LogP contribution in [0.4, 0.5) is 0 Å². The van der Waals surface area contributed by atoms with Gasteiger partial charge in [0.25, 0.3) is 0 Å². The van der Waals surface area contributed by atoms with Crippen molar-refractivity contribution in [1.29, 1.82) is 0 Å². The lowest BCUT2D eigenvalue weighted by atomic mass is 10.0. The van der Waals surface area contributed by atoms with E-state index in [0.717, 1.165) is 10.0 Å². The third-order valence-corrected chi connectivity index (χ3v) is 3.64. The van der Waals surface area contributed by atoms with E-state index in [0.29, 0.717) is 13.2 Å². The van der Waals surface area contributed by atoms with E-state index in [2.05, 4.69) is 47.1 Å². The minimum Gasteiger partial charge on any atom is -0.368 e. The molecule has 0 aliphatic heterocycles. The molecule has 0 spiro atoms. The van der Waals surface area contributed by atoms with E-state index < -0.39 is 0 Å². The SMILES string of the molecule is Cc1ccccc1C(CN)OCc1ccc(Br)cc1. The van der Waals surface area contributed by atoms with E-state index in [4.69, 9.17) is 10.5 Å². The second-order valence-electron chi connectivity index (χ2n) is 4.52. The molecule has 0 saturated carbocycles. The van der Waals surface area contributed by atoms with Gasteiger partial charge in [0.2, 0.25) is 0 Å². The summed E-state index contributed by atoms with van der Waals surface area (Å²) in [6.07, 6.45) is -0.0511. The summed E-state index contributed by atoms with van der Waals surface area (Å²) < 4.78 is 7.02. The van der Waals surface area contributed by atoms with Crippen LogP contribution in [-0.2, 0) is 11.3 Å². The maximum Gasteiger partial charge on any atom is 0.0954 e. The molecule has 19 heavy (non-hydrogen) atoms. The van der Waals surface area contributed by atoms with Crippen molar-refractivity contribution in [3.05, 3.63) is 69.7 Å². The van der Waals surface area contributed by atoms with Gasteiger partial charge in [0, 0.05) is 11.0 Å². The molecule has 0 heterocycles. The van der Waals surface area contributed by atoms with Gasteiger partial charge in [-0.15, -0.1) is 0 Å². The number of benzene rings is 2. The highest BCUT2D eigenvalue weighted by molar-refractivity contribution is 9.10. The molecule has 2 rings (SSSR count). The standard InChI is InChI=1S/C16H18BrNO/c1-12-4-2-3-5-15(12)16(10-18)19-11-13-6-8-14(17)9-7-13/h2-9,16H,10-11,18H2,1H3. The van der Waals surface area contributed by atoms with Crippen LogP contribution in [0.5, 0.6) is 0 Å². The van der Waals surface area contributed by atoms with E-state index in [1.807, 2.05) is 24.3 Å². The van der Waals surface area contributed by atoms with Crippen LogP contribution >= 0.6 is 15.9 Å². The highest BCUT2D eigenvalue weighted by Crippen LogP contribution is 2.22. The molecule has 0 aliphatic rings. The fraction of sp³-hybridized carbons (Fsp3) is 0.250. The second kappa shape index (κ2) is 6.85. The average molecular weight is 320 g/mol. The third-order valence-electron chi connectivity index (χ3n) is 3.11. The van der Waals surface area contributed by atoms with Gasteiger partial charge in [-0.05, 0) is 35.7 Å². The monoisotopic (exact) mass is 319 g/mol. The summed E-state index contributed by atoms with van der Waals surface area (Å²) in [5.74, 6) is 0. The fourth-order valence-electron chi connectivity index (χ4n) is 2.01. The second-order valence-corrected chi connectivity index (χ2v) is 5.43. The van der Waals surface area contributed by atoms with Crippen LogP contribution in [0.15, 0.2) is 53.0 Å². The lowest BCUT2D eigenvalue weighted by Crippen LogP contribution is -2.16. The van der Waals surface area contributed by atoms with E-state index >= 15 is 0 Å². The van der Waals surface area contributed by atoms with Gasteiger partial charge < -0.3 is 10.5 Å². The van der Waals surface area contributed by atoms with Crippen LogP contribution in [0.3, 0.4) is 0 Å². The molecule has 100 valence electrons. The molecular formula is C16H18BrNO. The summed E-state index contributed by atoms with van der Waals surface area (Å²) in [5.41, 5.74) is 9.36. The quantitative estimate of drug-likeness (QED) is 0.904. The molecule has 0 aromatic heterocycles. The number of rotatable bonds is 5. The Morgan fingerprint density at radius 3 is 2.42 bits per heavy atom. The molecule has 2 aromatic rings. The summed E-state index contributed by atoms with van der Waals surface area (Å²) in [6.45, 7) is 3.14. The molecule has 2 aromatic carbocycles. The van der Waals surface area contributed by atoms with Crippen LogP contribution in [0.25, 0.3) is 0 Å². The minimum absolute atomic E-state index is 0.0511. The zero-order valence-electron chi connectivity index (χ0n) is 11.0. The first-order valence-corrected chi connectivity index (χ1v) is 7.11. The smallest absolute Gasteiger partial charge is 0.0954 e.